The first kappa shape index (κ1) is 32.6. The minimum Gasteiger partial charge on any atom is -0.488 e. The lowest BCUT2D eigenvalue weighted by Crippen LogP contribution is -2.58. The van der Waals surface area contributed by atoms with E-state index in [0.717, 1.165) is 12.8 Å². The lowest BCUT2D eigenvalue weighted by atomic mass is 10.1. The van der Waals surface area contributed by atoms with E-state index in [9.17, 15) is 32.0 Å². The first-order chi connectivity index (χ1) is 21.6. The van der Waals surface area contributed by atoms with E-state index < -0.39 is 75.4 Å². The second-order valence-electron chi connectivity index (χ2n) is 12.1. The number of allylic oxidation sites excluding steroid dienone is 1. The summed E-state index contributed by atoms with van der Waals surface area (Å²) < 4.78 is 51.1. The number of hydrogen-bond donors (Lipinski definition) is 3. The van der Waals surface area contributed by atoms with Gasteiger partial charge in [0.1, 0.15) is 29.5 Å². The number of carbonyl (C=O) groups is 4. The van der Waals surface area contributed by atoms with Crippen molar-refractivity contribution >= 4 is 33.8 Å². The number of aromatic nitrogens is 1. The number of nitrogens with one attached hydrogen (secondary N) is 3. The van der Waals surface area contributed by atoms with Gasteiger partial charge < -0.3 is 25.0 Å². The number of ether oxygens (including phenoxy) is 2. The number of rotatable bonds is 9. The molecule has 15 heteroatoms. The fraction of sp³-hybridized carbons (Fsp3) is 0.633. The van der Waals surface area contributed by atoms with Crippen LogP contribution >= 0.6 is 0 Å². The van der Waals surface area contributed by atoms with Crippen LogP contribution in [0.1, 0.15) is 64.2 Å². The van der Waals surface area contributed by atoms with Crippen LogP contribution in [0, 0.1) is 5.92 Å². The van der Waals surface area contributed by atoms with Crippen molar-refractivity contribution in [2.45, 2.75) is 93.2 Å². The SMILES string of the molecule is O=C(N[C@H]1CCCCC/C=C/[C@@H]2C[C@@]2(C(=O)NS(=O)(=O)C2CC2)NC(=O)[C@@H]2C[C@@H](Oc3ccncc3)CN2C1=O)OCCCF. The predicted molar refractivity (Wildman–Crippen MR) is 159 cm³/mol. The summed E-state index contributed by atoms with van der Waals surface area (Å²) >= 11 is 0. The van der Waals surface area contributed by atoms with E-state index in [1.165, 1.54) is 4.90 Å². The first-order valence-electron chi connectivity index (χ1n) is 15.5. The molecule has 0 unspecified atom stereocenters. The highest BCUT2D eigenvalue weighted by Crippen LogP contribution is 2.46. The number of alkyl carbamates (subject to hydrolysis) is 1. The fourth-order valence-corrected chi connectivity index (χ4v) is 7.22. The number of halogens is 1. The van der Waals surface area contributed by atoms with E-state index in [2.05, 4.69) is 20.3 Å². The first-order valence-corrected chi connectivity index (χ1v) is 17.1. The molecule has 4 aliphatic rings. The van der Waals surface area contributed by atoms with Gasteiger partial charge in [0.2, 0.25) is 21.8 Å². The van der Waals surface area contributed by atoms with Crippen LogP contribution in [-0.2, 0) is 29.1 Å². The van der Waals surface area contributed by atoms with Crippen molar-refractivity contribution in [1.29, 1.82) is 0 Å². The Morgan fingerprint density at radius 2 is 1.91 bits per heavy atom. The number of fused-ring (bicyclic) bond motifs is 2. The molecule has 246 valence electrons. The molecule has 2 aliphatic heterocycles. The molecule has 2 aliphatic carbocycles. The Labute approximate surface area is 261 Å². The highest BCUT2D eigenvalue weighted by atomic mass is 32.2. The second kappa shape index (κ2) is 14.1. The summed E-state index contributed by atoms with van der Waals surface area (Å²) in [5, 5.41) is 4.79. The van der Waals surface area contributed by atoms with E-state index in [1.807, 2.05) is 12.2 Å². The molecule has 0 bridgehead atoms. The van der Waals surface area contributed by atoms with Crippen molar-refractivity contribution < 1.29 is 41.5 Å². The monoisotopic (exact) mass is 649 g/mol. The average Bonchev–Trinajstić information content (AvgIpc) is 3.93. The Bertz CT molecular complexity index is 1390. The lowest BCUT2D eigenvalue weighted by Gasteiger charge is -2.29. The quantitative estimate of drug-likeness (QED) is 0.267. The van der Waals surface area contributed by atoms with E-state index in [4.69, 9.17) is 9.47 Å². The maximum absolute atomic E-state index is 14.0. The van der Waals surface area contributed by atoms with Crippen LogP contribution in [0.5, 0.6) is 5.75 Å². The maximum atomic E-state index is 14.0. The second-order valence-corrected chi connectivity index (χ2v) is 14.0. The van der Waals surface area contributed by atoms with Crippen LogP contribution in [0.15, 0.2) is 36.7 Å². The molecule has 3 heterocycles. The van der Waals surface area contributed by atoms with Crippen molar-refractivity contribution in [3.63, 3.8) is 0 Å². The number of carbonyl (C=O) groups excluding carboxylic acids is 4. The molecule has 45 heavy (non-hydrogen) atoms. The highest BCUT2D eigenvalue weighted by molar-refractivity contribution is 7.91. The zero-order valence-corrected chi connectivity index (χ0v) is 25.8. The average molecular weight is 650 g/mol. The number of pyridine rings is 1. The number of hydrogen-bond acceptors (Lipinski definition) is 9. The lowest BCUT2D eigenvalue weighted by molar-refractivity contribution is -0.141. The molecular weight excluding hydrogens is 609 g/mol. The van der Waals surface area contributed by atoms with Crippen LogP contribution in [-0.4, -0.2) is 90.9 Å². The standard InChI is InChI=1S/C30H40FN5O8S/c31-13-6-16-43-29(40)33-24-8-5-3-1-2-4-7-20-18-30(20,28(39)35-45(41,42)23-9-10-23)34-26(37)25-17-22(19-36(25)27(24)38)44-21-11-14-32-15-12-21/h4,7,11-12,14-15,20,22-25H,1-3,5-6,8-10,13,16-19H2,(H,33,40)(H,34,37)(H,35,39)/b7-4+/t20-,22-,24+,25+,30-/m1/s1. The van der Waals surface area contributed by atoms with Crippen molar-refractivity contribution in [2.75, 3.05) is 19.8 Å². The van der Waals surface area contributed by atoms with Gasteiger partial charge in [-0.1, -0.05) is 25.0 Å². The molecule has 5 rings (SSSR count). The van der Waals surface area contributed by atoms with E-state index in [-0.39, 0.29) is 38.8 Å². The number of amides is 4. The molecule has 4 amide bonds. The van der Waals surface area contributed by atoms with Crippen LogP contribution in [0.2, 0.25) is 0 Å². The molecule has 5 atom stereocenters. The van der Waals surface area contributed by atoms with Gasteiger partial charge in [0, 0.05) is 31.2 Å². The minimum absolute atomic E-state index is 0.0207. The summed E-state index contributed by atoms with van der Waals surface area (Å²) in [6, 6.07) is 1.21. The number of sulfonamides is 1. The molecule has 1 aromatic heterocycles. The van der Waals surface area contributed by atoms with Crippen LogP contribution in [0.25, 0.3) is 0 Å². The van der Waals surface area contributed by atoms with Crippen LogP contribution < -0.4 is 20.1 Å². The predicted octanol–water partition coefficient (Wildman–Crippen LogP) is 1.89. The smallest absolute Gasteiger partial charge is 0.407 e. The third kappa shape index (κ3) is 8.10. The third-order valence-electron chi connectivity index (χ3n) is 8.60. The van der Waals surface area contributed by atoms with Gasteiger partial charge in [0.15, 0.2) is 0 Å². The van der Waals surface area contributed by atoms with Gasteiger partial charge in [0.25, 0.3) is 5.91 Å². The van der Waals surface area contributed by atoms with Gasteiger partial charge in [-0.25, -0.2) is 13.2 Å². The van der Waals surface area contributed by atoms with E-state index in [0.29, 0.717) is 31.4 Å². The van der Waals surface area contributed by atoms with Crippen molar-refractivity contribution in [3.05, 3.63) is 36.7 Å². The normalized spacial score (nSPS) is 29.6. The summed E-state index contributed by atoms with van der Waals surface area (Å²) in [5.74, 6) is -1.86. The Balaban J connectivity index is 1.40. The zero-order chi connectivity index (χ0) is 32.0. The van der Waals surface area contributed by atoms with Crippen molar-refractivity contribution in [1.82, 2.24) is 25.2 Å². The maximum Gasteiger partial charge on any atom is 0.407 e. The van der Waals surface area contributed by atoms with Crippen molar-refractivity contribution in [2.24, 2.45) is 5.92 Å². The zero-order valence-electron chi connectivity index (χ0n) is 25.0. The Morgan fingerprint density at radius 3 is 2.64 bits per heavy atom. The van der Waals surface area contributed by atoms with Crippen LogP contribution in [0.3, 0.4) is 0 Å². The van der Waals surface area contributed by atoms with Gasteiger partial charge in [-0.2, -0.15) is 0 Å². The largest absolute Gasteiger partial charge is 0.488 e. The van der Waals surface area contributed by atoms with E-state index >= 15 is 0 Å². The topological polar surface area (TPSA) is 173 Å². The molecular formula is C30H40FN5O8S. The van der Waals surface area contributed by atoms with Gasteiger partial charge in [-0.15, -0.1) is 0 Å². The minimum atomic E-state index is -3.86. The Hall–Kier alpha value is -3.75. The molecule has 0 aromatic carbocycles. The van der Waals surface area contributed by atoms with E-state index in [1.54, 1.807) is 24.5 Å². The molecule has 13 nitrogen and oxygen atoms in total. The van der Waals surface area contributed by atoms with Crippen LogP contribution in [0.4, 0.5) is 9.18 Å². The Morgan fingerprint density at radius 1 is 1.13 bits per heavy atom. The molecule has 1 saturated heterocycles. The molecule has 1 aromatic rings. The van der Waals surface area contributed by atoms with Gasteiger partial charge in [-0.05, 0) is 50.7 Å². The molecule has 0 radical (unpaired) electrons. The fourth-order valence-electron chi connectivity index (χ4n) is 5.86. The van der Waals surface area contributed by atoms with Crippen molar-refractivity contribution in [3.8, 4) is 5.75 Å². The number of alkyl halides is 1. The van der Waals surface area contributed by atoms with Gasteiger partial charge >= 0.3 is 6.09 Å². The molecule has 2 saturated carbocycles. The molecule has 3 fully saturated rings. The third-order valence-corrected chi connectivity index (χ3v) is 10.4. The summed E-state index contributed by atoms with van der Waals surface area (Å²) in [7, 11) is -3.86. The molecule has 0 spiro atoms. The summed E-state index contributed by atoms with van der Waals surface area (Å²) in [5.41, 5.74) is -1.48. The molecule has 3 N–H and O–H groups in total. The highest BCUT2D eigenvalue weighted by Gasteiger charge is 2.62. The Kier molecular flexibility index (Phi) is 10.2. The summed E-state index contributed by atoms with van der Waals surface area (Å²) in [4.78, 5) is 59.3. The van der Waals surface area contributed by atoms with Gasteiger partial charge in [-0.3, -0.25) is 28.5 Å². The number of nitrogens with zero attached hydrogens (tertiary/aromatic N) is 2. The summed E-state index contributed by atoms with van der Waals surface area (Å²) in [6.07, 6.45) is 9.78. The summed E-state index contributed by atoms with van der Waals surface area (Å²) in [6.45, 7) is -0.777. The van der Waals surface area contributed by atoms with Gasteiger partial charge in [0.05, 0.1) is 25.1 Å².